The Labute approximate surface area is 123 Å². The van der Waals surface area contributed by atoms with Gasteiger partial charge in [-0.25, -0.2) is 13.9 Å². The molecular weight excluding hydrogens is 296 g/mol. The number of amides is 1. The largest absolute Gasteiger partial charge is 0.506 e. The Kier molecular flexibility index (Phi) is 5.20. The van der Waals surface area contributed by atoms with Crippen molar-refractivity contribution in [1.29, 1.82) is 0 Å². The summed E-state index contributed by atoms with van der Waals surface area (Å²) in [6, 6.07) is 4.40. The number of hydrogen-bond acceptors (Lipinski definition) is 6. The SMILES string of the molecule is CC(=O)Nc1ccc(NO/C(C)=C(/C)S(C)(=O)=O)cc1O. The van der Waals surface area contributed by atoms with Gasteiger partial charge in [0.25, 0.3) is 0 Å². The van der Waals surface area contributed by atoms with Crippen LogP contribution in [0.1, 0.15) is 20.8 Å². The Morgan fingerprint density at radius 1 is 1.24 bits per heavy atom. The van der Waals surface area contributed by atoms with Crippen molar-refractivity contribution < 1.29 is 23.2 Å². The number of nitrogens with one attached hydrogen (secondary N) is 2. The van der Waals surface area contributed by atoms with Crippen molar-refractivity contribution in [3.63, 3.8) is 0 Å². The molecule has 8 heteroatoms. The van der Waals surface area contributed by atoms with Gasteiger partial charge in [-0.3, -0.25) is 4.79 Å². The lowest BCUT2D eigenvalue weighted by Gasteiger charge is -2.12. The lowest BCUT2D eigenvalue weighted by molar-refractivity contribution is -0.114. The fraction of sp³-hybridized carbons (Fsp3) is 0.308. The monoisotopic (exact) mass is 314 g/mol. The maximum Gasteiger partial charge on any atom is 0.221 e. The van der Waals surface area contributed by atoms with E-state index in [0.717, 1.165) is 6.26 Å². The third kappa shape index (κ3) is 4.99. The second-order valence-corrected chi connectivity index (χ2v) is 6.66. The van der Waals surface area contributed by atoms with Crippen LogP contribution in [0, 0.1) is 0 Å². The highest BCUT2D eigenvalue weighted by molar-refractivity contribution is 7.94. The molecule has 0 fully saturated rings. The highest BCUT2D eigenvalue weighted by Gasteiger charge is 2.11. The standard InChI is InChI=1S/C13H18N2O5S/c1-8(9(2)21(4,18)19)20-15-11-5-6-12(13(17)7-11)14-10(3)16/h5-7,15,17H,1-4H3,(H,14,16)/b9-8-. The molecule has 0 atom stereocenters. The van der Waals surface area contributed by atoms with Crippen LogP contribution in [0.2, 0.25) is 0 Å². The molecule has 3 N–H and O–H groups in total. The van der Waals surface area contributed by atoms with Gasteiger partial charge in [0, 0.05) is 19.2 Å². The molecule has 0 aliphatic carbocycles. The number of carbonyl (C=O) groups is 1. The van der Waals surface area contributed by atoms with Crippen LogP contribution in [0.15, 0.2) is 28.9 Å². The molecule has 0 spiro atoms. The normalized spacial score (nSPS) is 12.4. The molecule has 0 aromatic heterocycles. The number of phenols is 1. The summed E-state index contributed by atoms with van der Waals surface area (Å²) in [5, 5.41) is 12.2. The highest BCUT2D eigenvalue weighted by Crippen LogP contribution is 2.27. The van der Waals surface area contributed by atoms with Gasteiger partial charge in [-0.15, -0.1) is 0 Å². The molecule has 1 rings (SSSR count). The van der Waals surface area contributed by atoms with Gasteiger partial charge in [-0.1, -0.05) is 0 Å². The van der Waals surface area contributed by atoms with Crippen LogP contribution in [-0.2, 0) is 19.5 Å². The van der Waals surface area contributed by atoms with Crippen LogP contribution in [0.3, 0.4) is 0 Å². The maximum absolute atomic E-state index is 11.3. The quantitative estimate of drug-likeness (QED) is 0.436. The van der Waals surface area contributed by atoms with Crippen LogP contribution in [-0.4, -0.2) is 25.7 Å². The van der Waals surface area contributed by atoms with Gasteiger partial charge in [0.1, 0.15) is 11.5 Å². The first-order chi connectivity index (χ1) is 9.61. The number of anilines is 2. The molecule has 0 aliphatic heterocycles. The van der Waals surface area contributed by atoms with E-state index >= 15 is 0 Å². The van der Waals surface area contributed by atoms with E-state index in [-0.39, 0.29) is 28.0 Å². The number of aromatic hydroxyl groups is 1. The number of benzene rings is 1. The Balaban J connectivity index is 2.82. The van der Waals surface area contributed by atoms with Crippen LogP contribution in [0.25, 0.3) is 0 Å². The molecule has 1 aromatic rings. The zero-order chi connectivity index (χ0) is 16.2. The van der Waals surface area contributed by atoms with E-state index in [1.165, 1.54) is 32.9 Å². The van der Waals surface area contributed by atoms with Crippen LogP contribution >= 0.6 is 0 Å². The van der Waals surface area contributed by atoms with E-state index in [1.54, 1.807) is 6.07 Å². The van der Waals surface area contributed by atoms with Crippen molar-refractivity contribution in [2.75, 3.05) is 17.1 Å². The third-order valence-electron chi connectivity index (χ3n) is 2.68. The number of carbonyl (C=O) groups excluding carboxylic acids is 1. The predicted octanol–water partition coefficient (Wildman–Crippen LogP) is 1.99. The smallest absolute Gasteiger partial charge is 0.221 e. The molecule has 0 heterocycles. The predicted molar refractivity (Wildman–Crippen MR) is 80.3 cm³/mol. The van der Waals surface area contributed by atoms with Gasteiger partial charge >= 0.3 is 0 Å². The van der Waals surface area contributed by atoms with E-state index in [2.05, 4.69) is 10.8 Å². The fourth-order valence-corrected chi connectivity index (χ4v) is 1.92. The lowest BCUT2D eigenvalue weighted by atomic mass is 10.2. The summed E-state index contributed by atoms with van der Waals surface area (Å²) in [7, 11) is -3.32. The van der Waals surface area contributed by atoms with Gasteiger partial charge in [0.05, 0.1) is 16.3 Å². The first-order valence-electron chi connectivity index (χ1n) is 6.02. The van der Waals surface area contributed by atoms with Crippen LogP contribution in [0.5, 0.6) is 5.75 Å². The molecule has 1 aromatic carbocycles. The van der Waals surface area contributed by atoms with Crippen LogP contribution < -0.4 is 10.8 Å². The van der Waals surface area contributed by atoms with Crippen molar-refractivity contribution in [2.45, 2.75) is 20.8 Å². The molecular formula is C13H18N2O5S. The Morgan fingerprint density at radius 2 is 1.86 bits per heavy atom. The summed E-state index contributed by atoms with van der Waals surface area (Å²) in [5.41, 5.74) is 3.20. The van der Waals surface area contributed by atoms with Crippen LogP contribution in [0.4, 0.5) is 11.4 Å². The fourth-order valence-electron chi connectivity index (χ4n) is 1.36. The minimum Gasteiger partial charge on any atom is -0.506 e. The Morgan fingerprint density at radius 3 is 2.33 bits per heavy atom. The lowest BCUT2D eigenvalue weighted by Crippen LogP contribution is -2.07. The second-order valence-electron chi connectivity index (χ2n) is 4.50. The Bertz CT molecular complexity index is 680. The Hall–Kier alpha value is -2.22. The zero-order valence-electron chi connectivity index (χ0n) is 12.2. The summed E-state index contributed by atoms with van der Waals surface area (Å²) in [6.07, 6.45) is 1.09. The summed E-state index contributed by atoms with van der Waals surface area (Å²) in [4.78, 5) is 16.2. The number of sulfone groups is 1. The maximum atomic E-state index is 11.3. The molecule has 0 saturated heterocycles. The number of rotatable bonds is 5. The van der Waals surface area contributed by atoms with E-state index in [1.807, 2.05) is 0 Å². The molecule has 0 aliphatic rings. The number of allylic oxidation sites excluding steroid dienone is 2. The van der Waals surface area contributed by atoms with E-state index in [9.17, 15) is 18.3 Å². The molecule has 116 valence electrons. The molecule has 7 nitrogen and oxygen atoms in total. The number of phenolic OH excluding ortho intramolecular Hbond substituents is 1. The minimum absolute atomic E-state index is 0.106. The van der Waals surface area contributed by atoms with Crippen molar-refractivity contribution >= 4 is 27.1 Å². The first-order valence-corrected chi connectivity index (χ1v) is 7.91. The topological polar surface area (TPSA) is 105 Å². The zero-order valence-corrected chi connectivity index (χ0v) is 13.0. The summed E-state index contributed by atoms with van der Waals surface area (Å²) in [6.45, 7) is 4.27. The number of hydrogen-bond donors (Lipinski definition) is 3. The van der Waals surface area contributed by atoms with Gasteiger partial charge in [0.15, 0.2) is 9.84 Å². The van der Waals surface area contributed by atoms with Crippen molar-refractivity contribution in [3.05, 3.63) is 28.9 Å². The summed E-state index contributed by atoms with van der Waals surface area (Å²) < 4.78 is 22.7. The van der Waals surface area contributed by atoms with Gasteiger partial charge in [-0.2, -0.15) is 0 Å². The van der Waals surface area contributed by atoms with Crippen molar-refractivity contribution in [3.8, 4) is 5.75 Å². The van der Waals surface area contributed by atoms with E-state index in [0.29, 0.717) is 5.69 Å². The molecule has 0 bridgehead atoms. The third-order valence-corrected chi connectivity index (χ3v) is 4.08. The molecule has 0 saturated carbocycles. The first kappa shape index (κ1) is 16.8. The minimum atomic E-state index is -3.32. The van der Waals surface area contributed by atoms with Crippen molar-refractivity contribution in [2.24, 2.45) is 0 Å². The van der Waals surface area contributed by atoms with E-state index in [4.69, 9.17) is 4.84 Å². The van der Waals surface area contributed by atoms with Gasteiger partial charge < -0.3 is 15.3 Å². The summed E-state index contributed by atoms with van der Waals surface area (Å²) in [5.74, 6) is -0.243. The van der Waals surface area contributed by atoms with Gasteiger partial charge in [-0.05, 0) is 26.0 Å². The summed E-state index contributed by atoms with van der Waals surface area (Å²) >= 11 is 0. The average Bonchev–Trinajstić information content (AvgIpc) is 2.36. The molecule has 0 unspecified atom stereocenters. The molecule has 0 radical (unpaired) electrons. The highest BCUT2D eigenvalue weighted by atomic mass is 32.2. The molecule has 1 amide bonds. The second kappa shape index (κ2) is 6.49. The van der Waals surface area contributed by atoms with Gasteiger partial charge in [0.2, 0.25) is 5.91 Å². The average molecular weight is 314 g/mol. The van der Waals surface area contributed by atoms with Crippen molar-refractivity contribution in [1.82, 2.24) is 0 Å². The van der Waals surface area contributed by atoms with E-state index < -0.39 is 9.84 Å². The molecule has 21 heavy (non-hydrogen) atoms.